The van der Waals surface area contributed by atoms with Gasteiger partial charge in [-0.05, 0) is 82.0 Å². The monoisotopic (exact) mass is 380 g/mol. The van der Waals surface area contributed by atoms with Gasteiger partial charge in [-0.3, -0.25) is 0 Å². The summed E-state index contributed by atoms with van der Waals surface area (Å²) in [4.78, 5) is 0. The van der Waals surface area contributed by atoms with Crippen LogP contribution < -0.4 is 0 Å². The number of allylic oxidation sites excluding steroid dienone is 3. The molecule has 0 N–H and O–H groups in total. The van der Waals surface area contributed by atoms with Gasteiger partial charge in [0.05, 0.1) is 13.2 Å². The van der Waals surface area contributed by atoms with E-state index in [2.05, 4.69) is 25.8 Å². The minimum Gasteiger partial charge on any atom is -0.491 e. The molecule has 0 atom stereocenters. The molecule has 0 heterocycles. The zero-order valence-electron chi connectivity index (χ0n) is 16.7. The Morgan fingerprint density at radius 2 is 1.33 bits per heavy atom. The van der Waals surface area contributed by atoms with Crippen LogP contribution in [0.2, 0.25) is 0 Å². The van der Waals surface area contributed by atoms with Crippen molar-refractivity contribution < 1.29 is 18.3 Å². The van der Waals surface area contributed by atoms with Crippen LogP contribution in [0.15, 0.2) is 49.0 Å². The second-order valence-electron chi connectivity index (χ2n) is 7.91. The molecular weight excluding hydrogens is 346 g/mol. The third kappa shape index (κ3) is 6.22. The Bertz CT molecular complexity index is 551. The minimum atomic E-state index is -1.14. The summed E-state index contributed by atoms with van der Waals surface area (Å²) in [6.45, 7) is 13.1. The first-order valence-corrected chi connectivity index (χ1v) is 10.3. The van der Waals surface area contributed by atoms with Crippen molar-refractivity contribution in [3.05, 3.63) is 49.0 Å². The Balaban J connectivity index is 1.73. The van der Waals surface area contributed by atoms with Crippen molar-refractivity contribution in [2.24, 2.45) is 23.7 Å². The molecule has 27 heavy (non-hydrogen) atoms. The first kappa shape index (κ1) is 21.7. The van der Waals surface area contributed by atoms with Crippen LogP contribution in [0.3, 0.4) is 0 Å². The van der Waals surface area contributed by atoms with E-state index in [0.717, 1.165) is 24.7 Å². The molecule has 0 aromatic heterocycles. The normalized spacial score (nSPS) is 29.4. The average Bonchev–Trinajstić information content (AvgIpc) is 2.71. The third-order valence-electron chi connectivity index (χ3n) is 6.20. The van der Waals surface area contributed by atoms with Gasteiger partial charge in [0.25, 0.3) is 0 Å². The zero-order valence-corrected chi connectivity index (χ0v) is 16.7. The van der Waals surface area contributed by atoms with Crippen molar-refractivity contribution in [2.45, 2.75) is 58.3 Å². The van der Waals surface area contributed by atoms with Gasteiger partial charge in [-0.2, -0.15) is 8.78 Å². The maximum absolute atomic E-state index is 14.0. The van der Waals surface area contributed by atoms with Crippen LogP contribution in [0.1, 0.15) is 58.3 Å². The Morgan fingerprint density at radius 3 is 1.81 bits per heavy atom. The Hall–Kier alpha value is -1.58. The summed E-state index contributed by atoms with van der Waals surface area (Å²) in [5.74, 6) is -0.130. The van der Waals surface area contributed by atoms with Crippen LogP contribution in [0.5, 0.6) is 0 Å². The highest BCUT2D eigenvalue weighted by atomic mass is 19.2. The van der Waals surface area contributed by atoms with Gasteiger partial charge in [-0.15, -0.1) is 6.58 Å². The van der Waals surface area contributed by atoms with E-state index in [1.54, 1.807) is 6.92 Å². The molecule has 0 amide bonds. The highest BCUT2D eigenvalue weighted by Gasteiger charge is 2.30. The predicted molar refractivity (Wildman–Crippen MR) is 106 cm³/mol. The molecule has 0 aliphatic heterocycles. The van der Waals surface area contributed by atoms with Crippen LogP contribution in [-0.4, -0.2) is 13.2 Å². The first-order chi connectivity index (χ1) is 13.0. The average molecular weight is 381 g/mol. The van der Waals surface area contributed by atoms with Gasteiger partial charge in [-0.25, -0.2) is 0 Å². The predicted octanol–water partition coefficient (Wildman–Crippen LogP) is 7.02. The summed E-state index contributed by atoms with van der Waals surface area (Å²) in [6, 6.07) is 0. The van der Waals surface area contributed by atoms with Crippen molar-refractivity contribution in [1.82, 2.24) is 0 Å². The standard InChI is InChI=1S/C23H34F2O2/c1-5-18-7-11-20(12-8-18)21-13-9-19(10-14-21)15-27-17(4)23(25)22(24)16(3)26-6-2/h5,18-21H,1,3-4,6-15H2,2H3/b23-22-. The van der Waals surface area contributed by atoms with Gasteiger partial charge < -0.3 is 9.47 Å². The fourth-order valence-corrected chi connectivity index (χ4v) is 4.44. The topological polar surface area (TPSA) is 18.5 Å². The van der Waals surface area contributed by atoms with Gasteiger partial charge in [0, 0.05) is 0 Å². The molecule has 0 aromatic carbocycles. The lowest BCUT2D eigenvalue weighted by atomic mass is 9.69. The zero-order chi connectivity index (χ0) is 19.8. The van der Waals surface area contributed by atoms with E-state index in [-0.39, 0.29) is 18.1 Å². The molecule has 4 heteroatoms. The van der Waals surface area contributed by atoms with Crippen LogP contribution in [0, 0.1) is 23.7 Å². The minimum absolute atomic E-state index is 0.228. The number of halogens is 2. The number of hydrogen-bond acceptors (Lipinski definition) is 2. The molecule has 2 saturated carbocycles. The molecule has 152 valence electrons. The van der Waals surface area contributed by atoms with Gasteiger partial charge >= 0.3 is 0 Å². The second-order valence-corrected chi connectivity index (χ2v) is 7.91. The third-order valence-corrected chi connectivity index (χ3v) is 6.20. The van der Waals surface area contributed by atoms with E-state index in [0.29, 0.717) is 18.4 Å². The lowest BCUT2D eigenvalue weighted by molar-refractivity contribution is 0.101. The fourth-order valence-electron chi connectivity index (χ4n) is 4.44. The molecule has 0 bridgehead atoms. The van der Waals surface area contributed by atoms with E-state index in [1.807, 2.05) is 0 Å². The lowest BCUT2D eigenvalue weighted by Gasteiger charge is -2.37. The maximum Gasteiger partial charge on any atom is 0.203 e. The van der Waals surface area contributed by atoms with Crippen molar-refractivity contribution >= 4 is 0 Å². The summed E-state index contributed by atoms with van der Waals surface area (Å²) in [5.41, 5.74) is 0. The van der Waals surface area contributed by atoms with Crippen molar-refractivity contribution in [2.75, 3.05) is 13.2 Å². The molecule has 2 fully saturated rings. The van der Waals surface area contributed by atoms with Crippen LogP contribution in [-0.2, 0) is 9.47 Å². The Morgan fingerprint density at radius 1 is 0.852 bits per heavy atom. The van der Waals surface area contributed by atoms with E-state index in [1.165, 1.54) is 38.5 Å². The molecule has 2 rings (SSSR count). The van der Waals surface area contributed by atoms with Crippen LogP contribution >= 0.6 is 0 Å². The highest BCUT2D eigenvalue weighted by Crippen LogP contribution is 2.41. The summed E-state index contributed by atoms with van der Waals surface area (Å²) >= 11 is 0. The maximum atomic E-state index is 14.0. The SMILES string of the molecule is C=CC1CCC(C2CCC(COC(=C)/C(F)=C(/F)C(=C)OCC)CC2)CC1. The van der Waals surface area contributed by atoms with E-state index < -0.39 is 11.7 Å². The van der Waals surface area contributed by atoms with Crippen molar-refractivity contribution in [1.29, 1.82) is 0 Å². The molecule has 2 nitrogen and oxygen atoms in total. The molecule has 2 aliphatic carbocycles. The van der Waals surface area contributed by atoms with Gasteiger partial charge in [-0.1, -0.05) is 19.2 Å². The second kappa shape index (κ2) is 10.7. The van der Waals surface area contributed by atoms with Gasteiger partial charge in [0.1, 0.15) is 0 Å². The van der Waals surface area contributed by atoms with E-state index >= 15 is 0 Å². The summed E-state index contributed by atoms with van der Waals surface area (Å²) < 4.78 is 38.2. The Kier molecular flexibility index (Phi) is 8.59. The Labute approximate surface area is 163 Å². The van der Waals surface area contributed by atoms with Gasteiger partial charge in [0.2, 0.25) is 11.7 Å². The first-order valence-electron chi connectivity index (χ1n) is 10.3. The van der Waals surface area contributed by atoms with Crippen molar-refractivity contribution in [3.63, 3.8) is 0 Å². The summed E-state index contributed by atoms with van der Waals surface area (Å²) in [7, 11) is 0. The number of rotatable bonds is 9. The van der Waals surface area contributed by atoms with Crippen LogP contribution in [0.25, 0.3) is 0 Å². The van der Waals surface area contributed by atoms with Gasteiger partial charge in [0.15, 0.2) is 11.5 Å². The quantitative estimate of drug-likeness (QED) is 0.243. The molecule has 0 radical (unpaired) electrons. The fraction of sp³-hybridized carbons (Fsp3) is 0.652. The number of hydrogen-bond donors (Lipinski definition) is 0. The molecule has 0 aromatic rings. The molecular formula is C23H34F2O2. The summed E-state index contributed by atoms with van der Waals surface area (Å²) in [6.07, 6.45) is 11.9. The molecule has 0 unspecified atom stereocenters. The number of ether oxygens (including phenoxy) is 2. The highest BCUT2D eigenvalue weighted by molar-refractivity contribution is 5.29. The largest absolute Gasteiger partial charge is 0.491 e. The molecule has 0 saturated heterocycles. The van der Waals surface area contributed by atoms with Crippen LogP contribution in [0.4, 0.5) is 8.78 Å². The van der Waals surface area contributed by atoms with E-state index in [9.17, 15) is 8.78 Å². The van der Waals surface area contributed by atoms with Crippen molar-refractivity contribution in [3.8, 4) is 0 Å². The lowest BCUT2D eigenvalue weighted by Crippen LogP contribution is -2.26. The molecule has 0 spiro atoms. The smallest absolute Gasteiger partial charge is 0.203 e. The summed E-state index contributed by atoms with van der Waals surface area (Å²) in [5, 5.41) is 0. The molecule has 2 aliphatic rings. The van der Waals surface area contributed by atoms with E-state index in [4.69, 9.17) is 9.47 Å².